The van der Waals surface area contributed by atoms with Gasteiger partial charge in [-0.1, -0.05) is 79.3 Å². The van der Waals surface area contributed by atoms with E-state index in [0.29, 0.717) is 6.54 Å². The van der Waals surface area contributed by atoms with Gasteiger partial charge in [-0.15, -0.1) is 0 Å². The van der Waals surface area contributed by atoms with E-state index in [1.165, 1.54) is 9.79 Å². The molecule has 3 rings (SSSR count). The van der Waals surface area contributed by atoms with Gasteiger partial charge in [0.2, 0.25) is 0 Å². The highest BCUT2D eigenvalue weighted by molar-refractivity contribution is 7.99. The predicted octanol–water partition coefficient (Wildman–Crippen LogP) is 5.33. The standard InChI is InChI=1S/C24H27NOS/c1-3-25-18-24(2,26)23(19-10-6-4-7-11-19)20-14-16-22(17-15-20)27-21-12-8-5-9-13-21/h4-17,23,25-26H,3,18H2,1-2H3. The lowest BCUT2D eigenvalue weighted by Gasteiger charge is -2.34. The van der Waals surface area contributed by atoms with Gasteiger partial charge >= 0.3 is 0 Å². The Morgan fingerprint density at radius 3 is 1.93 bits per heavy atom. The third-order valence-corrected chi connectivity index (χ3v) is 5.70. The Hall–Kier alpha value is -2.07. The van der Waals surface area contributed by atoms with Crippen molar-refractivity contribution in [2.45, 2.75) is 35.2 Å². The number of hydrogen-bond donors (Lipinski definition) is 2. The molecule has 2 unspecified atom stereocenters. The maximum Gasteiger partial charge on any atom is 0.0852 e. The topological polar surface area (TPSA) is 32.3 Å². The predicted molar refractivity (Wildman–Crippen MR) is 114 cm³/mol. The van der Waals surface area contributed by atoms with E-state index in [2.05, 4.69) is 72.9 Å². The molecule has 0 aliphatic rings. The van der Waals surface area contributed by atoms with Crippen LogP contribution in [0.5, 0.6) is 0 Å². The van der Waals surface area contributed by atoms with Gasteiger partial charge in [-0.05, 0) is 48.9 Å². The molecule has 0 spiro atoms. The SMILES string of the molecule is CCNCC(C)(O)C(c1ccccc1)c1ccc(Sc2ccccc2)cc1. The van der Waals surface area contributed by atoms with Crippen molar-refractivity contribution in [2.24, 2.45) is 0 Å². The second-order valence-electron chi connectivity index (χ2n) is 6.97. The average Bonchev–Trinajstić information content (AvgIpc) is 2.69. The fourth-order valence-corrected chi connectivity index (χ4v) is 4.23. The Kier molecular flexibility index (Phi) is 6.73. The maximum absolute atomic E-state index is 11.2. The molecule has 27 heavy (non-hydrogen) atoms. The Labute approximate surface area is 166 Å². The first kappa shape index (κ1) is 19.7. The molecule has 140 valence electrons. The summed E-state index contributed by atoms with van der Waals surface area (Å²) in [4.78, 5) is 2.42. The Morgan fingerprint density at radius 1 is 0.815 bits per heavy atom. The van der Waals surface area contributed by atoms with Crippen LogP contribution in [-0.2, 0) is 0 Å². The summed E-state index contributed by atoms with van der Waals surface area (Å²) in [5, 5.41) is 14.5. The lowest BCUT2D eigenvalue weighted by Crippen LogP contribution is -2.43. The van der Waals surface area contributed by atoms with E-state index in [1.54, 1.807) is 11.8 Å². The highest BCUT2D eigenvalue weighted by Crippen LogP contribution is 2.36. The number of hydrogen-bond acceptors (Lipinski definition) is 3. The van der Waals surface area contributed by atoms with E-state index in [-0.39, 0.29) is 5.92 Å². The average molecular weight is 378 g/mol. The summed E-state index contributed by atoms with van der Waals surface area (Å²) >= 11 is 1.75. The third-order valence-electron chi connectivity index (χ3n) is 4.68. The molecular weight excluding hydrogens is 350 g/mol. The van der Waals surface area contributed by atoms with E-state index in [0.717, 1.165) is 17.7 Å². The smallest absolute Gasteiger partial charge is 0.0852 e. The summed E-state index contributed by atoms with van der Waals surface area (Å²) in [6, 6.07) is 29.2. The van der Waals surface area contributed by atoms with Crippen LogP contribution in [0.1, 0.15) is 30.9 Å². The molecule has 0 amide bonds. The van der Waals surface area contributed by atoms with Gasteiger partial charge in [-0.25, -0.2) is 0 Å². The lowest BCUT2D eigenvalue weighted by atomic mass is 9.78. The minimum Gasteiger partial charge on any atom is -0.388 e. The number of aliphatic hydroxyl groups is 1. The van der Waals surface area contributed by atoms with Crippen molar-refractivity contribution < 1.29 is 5.11 Å². The molecule has 3 aromatic carbocycles. The molecule has 3 heteroatoms. The molecule has 0 aliphatic heterocycles. The van der Waals surface area contributed by atoms with Gasteiger partial charge < -0.3 is 10.4 Å². The van der Waals surface area contributed by atoms with E-state index < -0.39 is 5.60 Å². The Bertz CT molecular complexity index is 816. The van der Waals surface area contributed by atoms with Crippen LogP contribution in [-0.4, -0.2) is 23.8 Å². The first-order chi connectivity index (χ1) is 13.1. The molecule has 3 aromatic rings. The van der Waals surface area contributed by atoms with Crippen LogP contribution >= 0.6 is 11.8 Å². The zero-order chi connectivity index (χ0) is 19.1. The van der Waals surface area contributed by atoms with Gasteiger partial charge in [0.25, 0.3) is 0 Å². The molecule has 2 atom stereocenters. The van der Waals surface area contributed by atoms with E-state index >= 15 is 0 Å². The second kappa shape index (κ2) is 9.23. The highest BCUT2D eigenvalue weighted by atomic mass is 32.2. The van der Waals surface area contributed by atoms with Gasteiger partial charge in [0.1, 0.15) is 0 Å². The monoisotopic (exact) mass is 377 g/mol. The van der Waals surface area contributed by atoms with Crippen molar-refractivity contribution in [2.75, 3.05) is 13.1 Å². The van der Waals surface area contributed by atoms with E-state index in [9.17, 15) is 5.11 Å². The first-order valence-electron chi connectivity index (χ1n) is 9.41. The van der Waals surface area contributed by atoms with E-state index in [4.69, 9.17) is 0 Å². The van der Waals surface area contributed by atoms with Crippen LogP contribution in [0, 0.1) is 0 Å². The zero-order valence-corrected chi connectivity index (χ0v) is 16.7. The first-order valence-corrected chi connectivity index (χ1v) is 10.2. The molecule has 0 radical (unpaired) electrons. The number of nitrogens with one attached hydrogen (secondary N) is 1. The van der Waals surface area contributed by atoms with Gasteiger partial charge in [-0.3, -0.25) is 0 Å². The molecule has 0 bridgehead atoms. The summed E-state index contributed by atoms with van der Waals surface area (Å²) in [6.07, 6.45) is 0. The molecule has 0 aromatic heterocycles. The van der Waals surface area contributed by atoms with Crippen molar-refractivity contribution >= 4 is 11.8 Å². The van der Waals surface area contributed by atoms with Gasteiger partial charge in [0, 0.05) is 22.3 Å². The Balaban J connectivity index is 1.88. The normalized spacial score (nSPS) is 14.5. The number of rotatable bonds is 8. The van der Waals surface area contributed by atoms with Gasteiger partial charge in [0.05, 0.1) is 5.60 Å². The third kappa shape index (κ3) is 5.23. The molecule has 0 fully saturated rings. The maximum atomic E-state index is 11.2. The fourth-order valence-electron chi connectivity index (χ4n) is 3.39. The summed E-state index contributed by atoms with van der Waals surface area (Å²) in [7, 11) is 0. The second-order valence-corrected chi connectivity index (χ2v) is 8.11. The van der Waals surface area contributed by atoms with Crippen molar-refractivity contribution in [1.82, 2.24) is 5.32 Å². The largest absolute Gasteiger partial charge is 0.388 e. The van der Waals surface area contributed by atoms with E-state index in [1.807, 2.05) is 31.2 Å². The molecule has 0 heterocycles. The molecule has 2 N–H and O–H groups in total. The summed E-state index contributed by atoms with van der Waals surface area (Å²) in [5.41, 5.74) is 1.37. The van der Waals surface area contributed by atoms with Crippen LogP contribution in [0.25, 0.3) is 0 Å². The molecular formula is C24H27NOS. The molecule has 0 aliphatic carbocycles. The molecule has 0 saturated heterocycles. The number of benzene rings is 3. The van der Waals surface area contributed by atoms with Gasteiger partial charge in [-0.2, -0.15) is 0 Å². The van der Waals surface area contributed by atoms with Gasteiger partial charge in [0.15, 0.2) is 0 Å². The van der Waals surface area contributed by atoms with Crippen molar-refractivity contribution in [3.05, 3.63) is 96.1 Å². The van der Waals surface area contributed by atoms with Crippen LogP contribution in [0.2, 0.25) is 0 Å². The van der Waals surface area contributed by atoms with Crippen LogP contribution in [0.4, 0.5) is 0 Å². The highest BCUT2D eigenvalue weighted by Gasteiger charge is 2.34. The quantitative estimate of drug-likeness (QED) is 0.556. The summed E-state index contributed by atoms with van der Waals surface area (Å²) in [5.74, 6) is -0.0893. The minimum absolute atomic E-state index is 0.0893. The molecule has 2 nitrogen and oxygen atoms in total. The minimum atomic E-state index is -0.883. The van der Waals surface area contributed by atoms with Crippen LogP contribution in [0.15, 0.2) is 94.7 Å². The fraction of sp³-hybridized carbons (Fsp3) is 0.250. The van der Waals surface area contributed by atoms with Crippen molar-refractivity contribution in [3.63, 3.8) is 0 Å². The summed E-state index contributed by atoms with van der Waals surface area (Å²) in [6.45, 7) is 5.36. The summed E-state index contributed by atoms with van der Waals surface area (Å²) < 4.78 is 0. The molecule has 0 saturated carbocycles. The Morgan fingerprint density at radius 2 is 1.33 bits per heavy atom. The zero-order valence-electron chi connectivity index (χ0n) is 15.9. The van der Waals surface area contributed by atoms with Crippen molar-refractivity contribution in [3.8, 4) is 0 Å². The van der Waals surface area contributed by atoms with Crippen LogP contribution < -0.4 is 5.32 Å². The van der Waals surface area contributed by atoms with Crippen LogP contribution in [0.3, 0.4) is 0 Å². The van der Waals surface area contributed by atoms with Crippen molar-refractivity contribution in [1.29, 1.82) is 0 Å². The lowest BCUT2D eigenvalue weighted by molar-refractivity contribution is 0.0434. The number of likely N-dealkylation sites (N-methyl/N-ethyl adjacent to an activating group) is 1.